The molecule has 6 heteroatoms. The minimum Gasteiger partial charge on any atom is -0.457 e. The third-order valence-corrected chi connectivity index (χ3v) is 5.33. The van der Waals surface area contributed by atoms with Crippen molar-refractivity contribution >= 4 is 23.4 Å². The summed E-state index contributed by atoms with van der Waals surface area (Å²) in [4.78, 5) is 21.5. The van der Waals surface area contributed by atoms with Crippen molar-refractivity contribution in [1.29, 1.82) is 0 Å². The summed E-state index contributed by atoms with van der Waals surface area (Å²) in [5.41, 5.74) is 3.68. The highest BCUT2D eigenvalue weighted by atomic mass is 32.2. The Labute approximate surface area is 169 Å². The van der Waals surface area contributed by atoms with E-state index in [0.717, 1.165) is 28.4 Å². The molecule has 0 saturated heterocycles. The molecule has 3 rings (SSSR count). The smallest absolute Gasteiger partial charge is 0.237 e. The minimum absolute atomic E-state index is 0.0961. The van der Waals surface area contributed by atoms with Crippen molar-refractivity contribution in [3.05, 3.63) is 71.5 Å². The number of nitrogens with one attached hydrogen (secondary N) is 1. The molecule has 0 spiro atoms. The summed E-state index contributed by atoms with van der Waals surface area (Å²) in [6.45, 7) is 7.76. The number of amides is 1. The number of carbonyl (C=O) groups is 1. The lowest BCUT2D eigenvalue weighted by Crippen LogP contribution is -2.22. The highest BCUT2D eigenvalue weighted by Crippen LogP contribution is 2.25. The molecule has 0 fully saturated rings. The molecule has 0 radical (unpaired) electrons. The minimum atomic E-state index is -0.318. The van der Waals surface area contributed by atoms with Crippen LogP contribution in [0.1, 0.15) is 23.9 Å². The van der Waals surface area contributed by atoms with E-state index in [4.69, 9.17) is 4.74 Å². The predicted octanol–water partition coefficient (Wildman–Crippen LogP) is 5.31. The van der Waals surface area contributed by atoms with Crippen LogP contribution in [-0.2, 0) is 4.79 Å². The third kappa shape index (κ3) is 5.10. The van der Waals surface area contributed by atoms with Gasteiger partial charge in [0, 0.05) is 17.1 Å². The zero-order valence-corrected chi connectivity index (χ0v) is 17.2. The Bertz CT molecular complexity index is 936. The molecule has 0 aliphatic rings. The fraction of sp³-hybridized carbons (Fsp3) is 0.227. The average molecular weight is 394 g/mol. The van der Waals surface area contributed by atoms with Gasteiger partial charge in [-0.2, -0.15) is 0 Å². The summed E-state index contributed by atoms with van der Waals surface area (Å²) < 4.78 is 5.76. The van der Waals surface area contributed by atoms with Gasteiger partial charge < -0.3 is 10.1 Å². The van der Waals surface area contributed by atoms with Gasteiger partial charge >= 0.3 is 0 Å². The van der Waals surface area contributed by atoms with Crippen molar-refractivity contribution in [3.63, 3.8) is 0 Å². The van der Waals surface area contributed by atoms with E-state index >= 15 is 0 Å². The van der Waals surface area contributed by atoms with Gasteiger partial charge in [0.25, 0.3) is 0 Å². The van der Waals surface area contributed by atoms with E-state index in [1.807, 2.05) is 82.3 Å². The van der Waals surface area contributed by atoms with Crippen LogP contribution in [0.25, 0.3) is 0 Å². The van der Waals surface area contributed by atoms with Crippen molar-refractivity contribution in [2.45, 2.75) is 38.1 Å². The molecule has 0 saturated carbocycles. The van der Waals surface area contributed by atoms with Gasteiger partial charge in [-0.3, -0.25) is 4.79 Å². The Morgan fingerprint density at radius 3 is 2.11 bits per heavy atom. The average Bonchev–Trinajstić information content (AvgIpc) is 2.68. The van der Waals surface area contributed by atoms with Crippen LogP contribution in [0.2, 0.25) is 0 Å². The fourth-order valence-corrected chi connectivity index (χ4v) is 3.34. The van der Waals surface area contributed by atoms with Crippen LogP contribution in [0.4, 0.5) is 5.69 Å². The van der Waals surface area contributed by atoms with Gasteiger partial charge in [-0.1, -0.05) is 30.0 Å². The van der Waals surface area contributed by atoms with Crippen LogP contribution in [0.5, 0.6) is 11.5 Å². The molecule has 0 aliphatic heterocycles. The molecule has 144 valence electrons. The Morgan fingerprint density at radius 1 is 0.929 bits per heavy atom. The molecular formula is C22H23N3O2S. The first-order valence-corrected chi connectivity index (χ1v) is 9.92. The normalized spacial score (nSPS) is 11.7. The first-order valence-electron chi connectivity index (χ1n) is 9.04. The number of thioether (sulfide) groups is 1. The maximum absolute atomic E-state index is 12.5. The number of aryl methyl sites for hydroxylation is 2. The molecule has 5 nitrogen and oxygen atoms in total. The first-order chi connectivity index (χ1) is 13.4. The monoisotopic (exact) mass is 393 g/mol. The van der Waals surface area contributed by atoms with Crippen molar-refractivity contribution in [1.82, 2.24) is 9.97 Å². The van der Waals surface area contributed by atoms with Gasteiger partial charge in [0.15, 0.2) is 5.16 Å². The second-order valence-electron chi connectivity index (χ2n) is 6.49. The predicted molar refractivity (Wildman–Crippen MR) is 113 cm³/mol. The Morgan fingerprint density at radius 2 is 1.50 bits per heavy atom. The zero-order valence-electron chi connectivity index (χ0n) is 16.4. The first kappa shape index (κ1) is 19.9. The zero-order chi connectivity index (χ0) is 20.1. The number of aromatic nitrogens is 2. The molecule has 1 atom stereocenters. The van der Waals surface area contributed by atoms with Gasteiger partial charge in [0.2, 0.25) is 5.91 Å². The molecule has 1 amide bonds. The third-order valence-electron chi connectivity index (χ3n) is 4.36. The van der Waals surface area contributed by atoms with Gasteiger partial charge in [0.1, 0.15) is 11.5 Å². The lowest BCUT2D eigenvalue weighted by Gasteiger charge is -2.13. The summed E-state index contributed by atoms with van der Waals surface area (Å²) in [6, 6.07) is 16.9. The number of rotatable bonds is 6. The van der Waals surface area contributed by atoms with Crippen molar-refractivity contribution in [2.24, 2.45) is 0 Å². The van der Waals surface area contributed by atoms with Crippen LogP contribution in [0, 0.1) is 20.8 Å². The van der Waals surface area contributed by atoms with E-state index in [1.165, 1.54) is 11.8 Å². The maximum atomic E-state index is 12.5. The molecule has 1 N–H and O–H groups in total. The number of ether oxygens (including phenoxy) is 1. The highest BCUT2D eigenvalue weighted by Gasteiger charge is 2.17. The molecule has 1 aromatic heterocycles. The second-order valence-corrected chi connectivity index (χ2v) is 7.80. The van der Waals surface area contributed by atoms with Gasteiger partial charge in [-0.05, 0) is 69.7 Å². The molecule has 0 aliphatic carbocycles. The summed E-state index contributed by atoms with van der Waals surface area (Å²) in [5, 5.41) is 3.23. The molecule has 2 aromatic carbocycles. The summed E-state index contributed by atoms with van der Waals surface area (Å²) >= 11 is 1.35. The largest absolute Gasteiger partial charge is 0.457 e. The van der Waals surface area contributed by atoms with Crippen LogP contribution in [-0.4, -0.2) is 21.1 Å². The van der Waals surface area contributed by atoms with Crippen LogP contribution < -0.4 is 10.1 Å². The van der Waals surface area contributed by atoms with E-state index in [-0.39, 0.29) is 11.2 Å². The Kier molecular flexibility index (Phi) is 6.31. The van der Waals surface area contributed by atoms with E-state index in [0.29, 0.717) is 10.9 Å². The Balaban J connectivity index is 1.59. The molecular weight excluding hydrogens is 370 g/mol. The number of nitrogens with zero attached hydrogens (tertiary/aromatic N) is 2. The van der Waals surface area contributed by atoms with E-state index < -0.39 is 0 Å². The Hall–Kier alpha value is -2.86. The number of hydrogen-bond donors (Lipinski definition) is 1. The quantitative estimate of drug-likeness (QED) is 0.454. The summed E-state index contributed by atoms with van der Waals surface area (Å²) in [6.07, 6.45) is 0. The molecule has 1 unspecified atom stereocenters. The van der Waals surface area contributed by atoms with Crippen LogP contribution in [0.3, 0.4) is 0 Å². The summed E-state index contributed by atoms with van der Waals surface area (Å²) in [5.74, 6) is 1.39. The van der Waals surface area contributed by atoms with Crippen LogP contribution in [0.15, 0.2) is 59.8 Å². The number of benzene rings is 2. The van der Waals surface area contributed by atoms with E-state index in [2.05, 4.69) is 15.3 Å². The fourth-order valence-electron chi connectivity index (χ4n) is 2.48. The molecule has 28 heavy (non-hydrogen) atoms. The SMILES string of the molecule is Cc1nc(SC(C)C(=O)Nc2ccc(Oc3ccccc3)cc2)nc(C)c1C. The molecule has 3 aromatic rings. The number of para-hydroxylation sites is 1. The standard InChI is InChI=1S/C22H23N3O2S/c1-14-15(2)23-22(24-16(14)3)28-17(4)21(26)25-18-10-12-20(13-11-18)27-19-8-6-5-7-9-19/h5-13,17H,1-4H3,(H,25,26). The number of carbonyl (C=O) groups excluding carboxylic acids is 1. The number of hydrogen-bond acceptors (Lipinski definition) is 5. The van der Waals surface area contributed by atoms with Gasteiger partial charge in [0.05, 0.1) is 5.25 Å². The number of anilines is 1. The van der Waals surface area contributed by atoms with Gasteiger partial charge in [-0.25, -0.2) is 9.97 Å². The molecule has 0 bridgehead atoms. The maximum Gasteiger partial charge on any atom is 0.237 e. The van der Waals surface area contributed by atoms with Crippen molar-refractivity contribution in [2.75, 3.05) is 5.32 Å². The van der Waals surface area contributed by atoms with Crippen molar-refractivity contribution < 1.29 is 9.53 Å². The highest BCUT2D eigenvalue weighted by molar-refractivity contribution is 8.00. The van der Waals surface area contributed by atoms with Crippen molar-refractivity contribution in [3.8, 4) is 11.5 Å². The van der Waals surface area contributed by atoms with E-state index in [9.17, 15) is 4.79 Å². The lowest BCUT2D eigenvalue weighted by molar-refractivity contribution is -0.115. The van der Waals surface area contributed by atoms with E-state index in [1.54, 1.807) is 0 Å². The second kappa shape index (κ2) is 8.89. The summed E-state index contributed by atoms with van der Waals surface area (Å²) in [7, 11) is 0. The van der Waals surface area contributed by atoms with Crippen LogP contribution >= 0.6 is 11.8 Å². The topological polar surface area (TPSA) is 64.1 Å². The van der Waals surface area contributed by atoms with Gasteiger partial charge in [-0.15, -0.1) is 0 Å². The molecule has 1 heterocycles. The lowest BCUT2D eigenvalue weighted by atomic mass is 10.2.